The maximum absolute atomic E-state index is 5.85. The highest BCUT2D eigenvalue weighted by atomic mass is 127. The second-order valence-corrected chi connectivity index (χ2v) is 7.38. The number of hydrogen-bond acceptors (Lipinski definition) is 4. The van der Waals surface area contributed by atoms with E-state index in [-0.39, 0.29) is 24.0 Å². The Morgan fingerprint density at radius 2 is 1.84 bits per heavy atom. The van der Waals surface area contributed by atoms with Crippen molar-refractivity contribution >= 4 is 29.9 Å². The van der Waals surface area contributed by atoms with Crippen molar-refractivity contribution in [1.82, 2.24) is 25.3 Å². The fraction of sp³-hybridized carbons (Fsp3) is 0.565. The van der Waals surface area contributed by atoms with Gasteiger partial charge in [0, 0.05) is 38.9 Å². The summed E-state index contributed by atoms with van der Waals surface area (Å²) in [6, 6.07) is 10.4. The summed E-state index contributed by atoms with van der Waals surface area (Å²) in [7, 11) is 1.79. The lowest BCUT2D eigenvalue weighted by molar-refractivity contribution is 0.223. The van der Waals surface area contributed by atoms with Gasteiger partial charge in [0.2, 0.25) is 0 Å². The summed E-state index contributed by atoms with van der Waals surface area (Å²) in [4.78, 5) is 6.66. The van der Waals surface area contributed by atoms with Gasteiger partial charge in [0.15, 0.2) is 5.96 Å². The van der Waals surface area contributed by atoms with E-state index in [9.17, 15) is 0 Å². The number of likely N-dealkylation sites (N-methyl/N-ethyl adjacent to an activating group) is 1. The summed E-state index contributed by atoms with van der Waals surface area (Å²) >= 11 is 0. The summed E-state index contributed by atoms with van der Waals surface area (Å²) in [5, 5.41) is 11.2. The highest BCUT2D eigenvalue weighted by molar-refractivity contribution is 14.0. The maximum atomic E-state index is 5.85. The van der Waals surface area contributed by atoms with Gasteiger partial charge < -0.3 is 20.3 Å². The Morgan fingerprint density at radius 3 is 2.42 bits per heavy atom. The van der Waals surface area contributed by atoms with Gasteiger partial charge in [-0.25, -0.2) is 0 Å². The fourth-order valence-corrected chi connectivity index (χ4v) is 3.28. The van der Waals surface area contributed by atoms with Gasteiger partial charge in [0.05, 0.1) is 5.69 Å². The van der Waals surface area contributed by atoms with E-state index in [1.54, 1.807) is 7.05 Å². The number of guanidine groups is 1. The number of rotatable bonds is 12. The van der Waals surface area contributed by atoms with E-state index < -0.39 is 0 Å². The minimum absolute atomic E-state index is 0. The van der Waals surface area contributed by atoms with Crippen molar-refractivity contribution in [3.8, 4) is 5.75 Å². The molecular formula is C23H39IN6O. The van der Waals surface area contributed by atoms with Crippen molar-refractivity contribution < 1.29 is 4.74 Å². The van der Waals surface area contributed by atoms with Crippen LogP contribution in [-0.2, 0) is 13.1 Å². The van der Waals surface area contributed by atoms with E-state index in [0.29, 0.717) is 6.61 Å². The number of benzene rings is 1. The fourth-order valence-electron chi connectivity index (χ4n) is 3.28. The summed E-state index contributed by atoms with van der Waals surface area (Å²) in [5.74, 6) is 1.72. The van der Waals surface area contributed by atoms with E-state index in [2.05, 4.69) is 69.3 Å². The van der Waals surface area contributed by atoms with Crippen molar-refractivity contribution in [3.05, 3.63) is 47.3 Å². The van der Waals surface area contributed by atoms with Gasteiger partial charge in [0.1, 0.15) is 12.4 Å². The Bertz CT molecular complexity index is 771. The zero-order chi connectivity index (χ0) is 21.8. The quantitative estimate of drug-likeness (QED) is 0.186. The van der Waals surface area contributed by atoms with Crippen molar-refractivity contribution in [2.45, 2.75) is 47.2 Å². The summed E-state index contributed by atoms with van der Waals surface area (Å²) < 4.78 is 7.90. The van der Waals surface area contributed by atoms with Crippen molar-refractivity contribution in [2.24, 2.45) is 4.99 Å². The molecule has 2 aromatic rings. The lowest BCUT2D eigenvalue weighted by atomic mass is 10.2. The van der Waals surface area contributed by atoms with E-state index >= 15 is 0 Å². The second kappa shape index (κ2) is 15.1. The number of aromatic nitrogens is 2. The summed E-state index contributed by atoms with van der Waals surface area (Å²) in [6.45, 7) is 14.7. The molecule has 0 atom stereocenters. The molecule has 2 N–H and O–H groups in total. The molecule has 2 rings (SSSR count). The first-order valence-electron chi connectivity index (χ1n) is 10.9. The molecular weight excluding hydrogens is 503 g/mol. The Balaban J connectivity index is 0.00000480. The number of aryl methyl sites for hydroxylation is 3. The van der Waals surface area contributed by atoms with Crippen LogP contribution in [0.1, 0.15) is 37.2 Å². The molecule has 0 aliphatic carbocycles. The van der Waals surface area contributed by atoms with E-state index in [1.165, 1.54) is 11.3 Å². The number of aliphatic imine (C=N–C) groups is 1. The third-order valence-corrected chi connectivity index (χ3v) is 5.12. The SMILES string of the molecule is CCN(CC)CCOc1ccc(CNC(=NC)NCCCn2nc(C)cc2C)cc1.I. The van der Waals surface area contributed by atoms with Gasteiger partial charge in [-0.2, -0.15) is 5.10 Å². The minimum Gasteiger partial charge on any atom is -0.492 e. The average Bonchev–Trinajstić information content (AvgIpc) is 3.08. The molecule has 0 radical (unpaired) electrons. The van der Waals surface area contributed by atoms with Gasteiger partial charge in [0.25, 0.3) is 0 Å². The van der Waals surface area contributed by atoms with Crippen molar-refractivity contribution in [1.29, 1.82) is 0 Å². The monoisotopic (exact) mass is 542 g/mol. The first kappa shape index (κ1) is 27.2. The first-order chi connectivity index (χ1) is 14.5. The molecule has 0 amide bonds. The van der Waals surface area contributed by atoms with Crippen LogP contribution in [0.3, 0.4) is 0 Å². The minimum atomic E-state index is 0. The van der Waals surface area contributed by atoms with Crippen LogP contribution in [0.25, 0.3) is 0 Å². The number of nitrogens with zero attached hydrogens (tertiary/aromatic N) is 4. The Hall–Kier alpha value is -1.81. The maximum Gasteiger partial charge on any atom is 0.191 e. The van der Waals surface area contributed by atoms with Gasteiger partial charge in [-0.1, -0.05) is 26.0 Å². The summed E-state index contributed by atoms with van der Waals surface area (Å²) in [6.07, 6.45) is 0.988. The van der Waals surface area contributed by atoms with E-state index in [1.807, 2.05) is 19.1 Å². The zero-order valence-electron chi connectivity index (χ0n) is 19.6. The van der Waals surface area contributed by atoms with Crippen molar-refractivity contribution in [2.75, 3.05) is 39.8 Å². The molecule has 0 spiro atoms. The molecule has 0 fully saturated rings. The second-order valence-electron chi connectivity index (χ2n) is 7.38. The molecule has 7 nitrogen and oxygen atoms in total. The Labute approximate surface area is 204 Å². The smallest absolute Gasteiger partial charge is 0.191 e. The lowest BCUT2D eigenvalue weighted by Gasteiger charge is -2.18. The van der Waals surface area contributed by atoms with Crippen LogP contribution in [0.4, 0.5) is 0 Å². The normalized spacial score (nSPS) is 11.4. The van der Waals surface area contributed by atoms with Crippen LogP contribution in [-0.4, -0.2) is 60.5 Å². The Morgan fingerprint density at radius 1 is 1.13 bits per heavy atom. The lowest BCUT2D eigenvalue weighted by Crippen LogP contribution is -2.37. The average molecular weight is 543 g/mol. The zero-order valence-corrected chi connectivity index (χ0v) is 22.0. The van der Waals surface area contributed by atoms with Crippen LogP contribution < -0.4 is 15.4 Å². The third-order valence-electron chi connectivity index (χ3n) is 5.12. The molecule has 0 saturated carbocycles. The van der Waals surface area contributed by atoms with Crippen LogP contribution in [0, 0.1) is 13.8 Å². The molecule has 0 unspecified atom stereocenters. The predicted molar refractivity (Wildman–Crippen MR) is 140 cm³/mol. The van der Waals surface area contributed by atoms with Gasteiger partial charge in [-0.3, -0.25) is 9.67 Å². The number of hydrogen-bond donors (Lipinski definition) is 2. The van der Waals surface area contributed by atoms with Gasteiger partial charge in [-0.15, -0.1) is 24.0 Å². The van der Waals surface area contributed by atoms with Gasteiger partial charge >= 0.3 is 0 Å². The van der Waals surface area contributed by atoms with E-state index in [4.69, 9.17) is 4.74 Å². The molecule has 0 bridgehead atoms. The molecule has 8 heteroatoms. The predicted octanol–water partition coefficient (Wildman–Crippen LogP) is 3.59. The van der Waals surface area contributed by atoms with Gasteiger partial charge in [-0.05, 0) is 57.1 Å². The number of nitrogens with one attached hydrogen (secondary N) is 2. The third kappa shape index (κ3) is 9.90. The van der Waals surface area contributed by atoms with Crippen LogP contribution in [0.5, 0.6) is 5.75 Å². The molecule has 0 aliphatic heterocycles. The molecule has 0 saturated heterocycles. The number of halogens is 1. The summed E-state index contributed by atoms with van der Waals surface area (Å²) in [5.41, 5.74) is 3.46. The number of ether oxygens (including phenoxy) is 1. The molecule has 1 aromatic carbocycles. The topological polar surface area (TPSA) is 66.7 Å². The van der Waals surface area contributed by atoms with E-state index in [0.717, 1.165) is 63.1 Å². The molecule has 1 heterocycles. The first-order valence-corrected chi connectivity index (χ1v) is 10.9. The highest BCUT2D eigenvalue weighted by Gasteiger charge is 2.03. The molecule has 174 valence electrons. The molecule has 31 heavy (non-hydrogen) atoms. The van der Waals surface area contributed by atoms with Crippen LogP contribution in [0.2, 0.25) is 0 Å². The van der Waals surface area contributed by atoms with Crippen molar-refractivity contribution in [3.63, 3.8) is 0 Å². The van der Waals surface area contributed by atoms with Crippen LogP contribution in [0.15, 0.2) is 35.3 Å². The largest absolute Gasteiger partial charge is 0.492 e. The Kier molecular flexibility index (Phi) is 13.2. The standard InChI is InChI=1S/C23H38N6O.HI/c1-6-28(7-2)15-16-30-22-11-9-21(10-12-22)18-26-23(24-5)25-13-8-14-29-20(4)17-19(3)27-29;/h9-12,17H,6-8,13-16,18H2,1-5H3,(H2,24,25,26);1H. The van der Waals surface area contributed by atoms with Crippen LogP contribution >= 0.6 is 24.0 Å². The molecule has 0 aliphatic rings. The highest BCUT2D eigenvalue weighted by Crippen LogP contribution is 2.12. The molecule has 1 aromatic heterocycles.